The maximum absolute atomic E-state index is 13.2. The Hall–Kier alpha value is -0.970. The third-order valence-electron chi connectivity index (χ3n) is 2.23. The molecule has 3 nitrogen and oxygen atoms in total. The molecule has 0 bridgehead atoms. The van der Waals surface area contributed by atoms with Crippen molar-refractivity contribution in [1.82, 2.24) is 4.90 Å². The Kier molecular flexibility index (Phi) is 4.68. The Morgan fingerprint density at radius 2 is 2.07 bits per heavy atom. The second-order valence-corrected chi connectivity index (χ2v) is 3.52. The van der Waals surface area contributed by atoms with Crippen molar-refractivity contribution in [1.29, 1.82) is 0 Å². The lowest BCUT2D eigenvalue weighted by Crippen LogP contribution is -2.27. The highest BCUT2D eigenvalue weighted by Gasteiger charge is 2.13. The second kappa shape index (κ2) is 5.80. The summed E-state index contributed by atoms with van der Waals surface area (Å²) in [6, 6.07) is 6.16. The van der Waals surface area contributed by atoms with Crippen molar-refractivity contribution in [3.05, 3.63) is 35.6 Å². The Labute approximate surface area is 88.8 Å². The van der Waals surface area contributed by atoms with E-state index < -0.39 is 11.9 Å². The average molecular weight is 213 g/mol. The van der Waals surface area contributed by atoms with Crippen LogP contribution in [0.2, 0.25) is 0 Å². The first kappa shape index (κ1) is 12.1. The number of benzene rings is 1. The standard InChI is InChI=1S/C11H16FNO2/c1-13(6-7-14)8-11(15)9-4-2-3-5-10(9)12/h2-5,11,14-15H,6-8H2,1H3. The molecule has 0 aliphatic rings. The highest BCUT2D eigenvalue weighted by molar-refractivity contribution is 5.19. The van der Waals surface area contributed by atoms with Crippen LogP contribution < -0.4 is 0 Å². The van der Waals surface area contributed by atoms with Crippen LogP contribution >= 0.6 is 0 Å². The summed E-state index contributed by atoms with van der Waals surface area (Å²) in [7, 11) is 1.76. The zero-order valence-corrected chi connectivity index (χ0v) is 8.73. The molecular formula is C11H16FNO2. The summed E-state index contributed by atoms with van der Waals surface area (Å²) >= 11 is 0. The van der Waals surface area contributed by atoms with Crippen molar-refractivity contribution < 1.29 is 14.6 Å². The third kappa shape index (κ3) is 3.58. The fourth-order valence-corrected chi connectivity index (χ4v) is 1.40. The van der Waals surface area contributed by atoms with E-state index in [4.69, 9.17) is 5.11 Å². The Balaban J connectivity index is 2.61. The van der Waals surface area contributed by atoms with Crippen LogP contribution in [0.5, 0.6) is 0 Å². The van der Waals surface area contributed by atoms with Crippen LogP contribution in [0, 0.1) is 5.82 Å². The highest BCUT2D eigenvalue weighted by Crippen LogP contribution is 2.16. The number of nitrogens with zero attached hydrogens (tertiary/aromatic N) is 1. The lowest BCUT2D eigenvalue weighted by Gasteiger charge is -2.19. The van der Waals surface area contributed by atoms with Crippen molar-refractivity contribution in [3.8, 4) is 0 Å². The van der Waals surface area contributed by atoms with Gasteiger partial charge in [-0.15, -0.1) is 0 Å². The van der Waals surface area contributed by atoms with Gasteiger partial charge in [-0.3, -0.25) is 0 Å². The first-order valence-electron chi connectivity index (χ1n) is 4.87. The molecule has 0 heterocycles. The minimum absolute atomic E-state index is 0.0283. The molecule has 1 atom stereocenters. The van der Waals surface area contributed by atoms with Gasteiger partial charge in [-0.25, -0.2) is 4.39 Å². The molecule has 0 fully saturated rings. The molecule has 84 valence electrons. The normalized spacial score (nSPS) is 13.1. The lowest BCUT2D eigenvalue weighted by molar-refractivity contribution is 0.112. The first-order valence-corrected chi connectivity index (χ1v) is 4.87. The zero-order valence-electron chi connectivity index (χ0n) is 8.73. The van der Waals surface area contributed by atoms with E-state index in [9.17, 15) is 9.50 Å². The summed E-state index contributed by atoms with van der Waals surface area (Å²) < 4.78 is 13.2. The van der Waals surface area contributed by atoms with Gasteiger partial charge < -0.3 is 15.1 Å². The number of aliphatic hydroxyl groups is 2. The fraction of sp³-hybridized carbons (Fsp3) is 0.455. The van der Waals surface area contributed by atoms with E-state index in [1.807, 2.05) is 0 Å². The Bertz CT molecular complexity index is 306. The Morgan fingerprint density at radius 3 is 2.67 bits per heavy atom. The molecule has 1 rings (SSSR count). The molecule has 1 unspecified atom stereocenters. The van der Waals surface area contributed by atoms with Gasteiger partial charge in [-0.1, -0.05) is 18.2 Å². The van der Waals surface area contributed by atoms with Crippen molar-refractivity contribution >= 4 is 0 Å². The predicted octanol–water partition coefficient (Wildman–Crippen LogP) is 0.783. The third-order valence-corrected chi connectivity index (χ3v) is 2.23. The molecule has 0 saturated carbocycles. The molecule has 1 aromatic rings. The van der Waals surface area contributed by atoms with Gasteiger partial charge in [0.25, 0.3) is 0 Å². The molecule has 1 aromatic carbocycles. The molecule has 15 heavy (non-hydrogen) atoms. The van der Waals surface area contributed by atoms with Crippen LogP contribution in [-0.4, -0.2) is 41.9 Å². The molecule has 0 aromatic heterocycles. The minimum Gasteiger partial charge on any atom is -0.395 e. The van der Waals surface area contributed by atoms with Gasteiger partial charge in [0.05, 0.1) is 12.7 Å². The number of likely N-dealkylation sites (N-methyl/N-ethyl adjacent to an activating group) is 1. The van der Waals surface area contributed by atoms with E-state index in [0.717, 1.165) is 0 Å². The van der Waals surface area contributed by atoms with Crippen molar-refractivity contribution in [2.75, 3.05) is 26.7 Å². The maximum atomic E-state index is 13.2. The highest BCUT2D eigenvalue weighted by atomic mass is 19.1. The van der Waals surface area contributed by atoms with Crippen LogP contribution in [-0.2, 0) is 0 Å². The molecule has 0 aliphatic carbocycles. The number of hydrogen-bond acceptors (Lipinski definition) is 3. The monoisotopic (exact) mass is 213 g/mol. The summed E-state index contributed by atoms with van der Waals surface area (Å²) in [6.07, 6.45) is -0.859. The SMILES string of the molecule is CN(CCO)CC(O)c1ccccc1F. The summed E-state index contributed by atoms with van der Waals surface area (Å²) in [5.74, 6) is -0.401. The molecule has 0 radical (unpaired) electrons. The molecular weight excluding hydrogens is 197 g/mol. The van der Waals surface area contributed by atoms with E-state index in [0.29, 0.717) is 18.7 Å². The van der Waals surface area contributed by atoms with Crippen LogP contribution in [0.15, 0.2) is 24.3 Å². The van der Waals surface area contributed by atoms with Gasteiger partial charge in [0.1, 0.15) is 5.82 Å². The number of halogens is 1. The first-order chi connectivity index (χ1) is 7.15. The number of rotatable bonds is 5. The predicted molar refractivity (Wildman–Crippen MR) is 55.9 cm³/mol. The van der Waals surface area contributed by atoms with E-state index in [1.165, 1.54) is 6.07 Å². The van der Waals surface area contributed by atoms with Crippen LogP contribution in [0.3, 0.4) is 0 Å². The Morgan fingerprint density at radius 1 is 1.40 bits per heavy atom. The average Bonchev–Trinajstić information content (AvgIpc) is 2.18. The van der Waals surface area contributed by atoms with Gasteiger partial charge in [0.2, 0.25) is 0 Å². The topological polar surface area (TPSA) is 43.7 Å². The van der Waals surface area contributed by atoms with E-state index in [1.54, 1.807) is 30.1 Å². The summed E-state index contributed by atoms with van der Waals surface area (Å²) in [6.45, 7) is 0.799. The van der Waals surface area contributed by atoms with Crippen LogP contribution in [0.25, 0.3) is 0 Å². The largest absolute Gasteiger partial charge is 0.395 e. The van der Waals surface area contributed by atoms with Crippen LogP contribution in [0.4, 0.5) is 4.39 Å². The maximum Gasteiger partial charge on any atom is 0.129 e. The number of hydrogen-bond donors (Lipinski definition) is 2. The molecule has 0 saturated heterocycles. The summed E-state index contributed by atoms with van der Waals surface area (Å²) in [4.78, 5) is 1.75. The van der Waals surface area contributed by atoms with Crippen molar-refractivity contribution in [3.63, 3.8) is 0 Å². The van der Waals surface area contributed by atoms with Gasteiger partial charge >= 0.3 is 0 Å². The van der Waals surface area contributed by atoms with Crippen LogP contribution in [0.1, 0.15) is 11.7 Å². The minimum atomic E-state index is -0.859. The van der Waals surface area contributed by atoms with Gasteiger partial charge in [0.15, 0.2) is 0 Å². The molecule has 0 aliphatic heterocycles. The zero-order chi connectivity index (χ0) is 11.3. The molecule has 0 amide bonds. The summed E-state index contributed by atoms with van der Waals surface area (Å²) in [5, 5.41) is 18.4. The second-order valence-electron chi connectivity index (χ2n) is 3.52. The fourth-order valence-electron chi connectivity index (χ4n) is 1.40. The molecule has 0 spiro atoms. The smallest absolute Gasteiger partial charge is 0.129 e. The molecule has 4 heteroatoms. The van der Waals surface area contributed by atoms with Gasteiger partial charge in [0, 0.05) is 18.7 Å². The van der Waals surface area contributed by atoms with Gasteiger partial charge in [-0.05, 0) is 13.1 Å². The molecule has 2 N–H and O–H groups in total. The van der Waals surface area contributed by atoms with E-state index in [2.05, 4.69) is 0 Å². The quantitative estimate of drug-likeness (QED) is 0.759. The summed E-state index contributed by atoms with van der Waals surface area (Å²) in [5.41, 5.74) is 0.294. The lowest BCUT2D eigenvalue weighted by atomic mass is 10.1. The van der Waals surface area contributed by atoms with Gasteiger partial charge in [-0.2, -0.15) is 0 Å². The van der Waals surface area contributed by atoms with Crippen molar-refractivity contribution in [2.45, 2.75) is 6.10 Å². The van der Waals surface area contributed by atoms with E-state index >= 15 is 0 Å². The number of aliphatic hydroxyl groups excluding tert-OH is 2. The van der Waals surface area contributed by atoms with E-state index in [-0.39, 0.29) is 6.61 Å². The van der Waals surface area contributed by atoms with Crippen molar-refractivity contribution in [2.24, 2.45) is 0 Å².